The number of rotatable bonds is 5. The number of hydrogen-bond acceptors (Lipinski definition) is 6. The number of ether oxygens (including phenoxy) is 1. The molecule has 0 amide bonds. The molecule has 30 heavy (non-hydrogen) atoms. The number of nitrogen functional groups attached to an aromatic ring is 1. The van der Waals surface area contributed by atoms with Crippen molar-refractivity contribution in [2.24, 2.45) is 0 Å². The van der Waals surface area contributed by atoms with Crippen LogP contribution in [0.2, 0.25) is 0 Å². The number of anilines is 1. The van der Waals surface area contributed by atoms with Crippen LogP contribution in [0.3, 0.4) is 0 Å². The van der Waals surface area contributed by atoms with Crippen LogP contribution in [0.1, 0.15) is 11.3 Å². The van der Waals surface area contributed by atoms with E-state index < -0.39 is 0 Å². The van der Waals surface area contributed by atoms with Crippen LogP contribution in [-0.2, 0) is 6.61 Å². The van der Waals surface area contributed by atoms with Crippen molar-refractivity contribution in [1.82, 2.24) is 10.1 Å². The molecule has 6 heteroatoms. The molecule has 0 bridgehead atoms. The molecule has 2 N–H and O–H groups in total. The highest BCUT2D eigenvalue weighted by Gasteiger charge is 2.16. The van der Waals surface area contributed by atoms with Crippen LogP contribution in [0, 0.1) is 6.92 Å². The Bertz CT molecular complexity index is 1340. The summed E-state index contributed by atoms with van der Waals surface area (Å²) in [6.45, 7) is 2.23. The average molecular weight is 397 g/mol. The maximum absolute atomic E-state index is 5.97. The highest BCUT2D eigenvalue weighted by molar-refractivity contribution is 5.83. The molecule has 0 aliphatic heterocycles. The van der Waals surface area contributed by atoms with Crippen molar-refractivity contribution in [1.29, 1.82) is 0 Å². The van der Waals surface area contributed by atoms with Gasteiger partial charge in [-0.25, -0.2) is 0 Å². The van der Waals surface area contributed by atoms with Gasteiger partial charge < -0.3 is 19.4 Å². The molecule has 0 unspecified atom stereocenters. The van der Waals surface area contributed by atoms with Crippen LogP contribution in [-0.4, -0.2) is 10.1 Å². The molecule has 2 heterocycles. The second kappa shape index (κ2) is 7.40. The van der Waals surface area contributed by atoms with E-state index in [2.05, 4.69) is 22.3 Å². The summed E-state index contributed by atoms with van der Waals surface area (Å²) in [4.78, 5) is 4.45. The van der Waals surface area contributed by atoms with E-state index in [1.807, 2.05) is 61.5 Å². The maximum Gasteiger partial charge on any atom is 0.293 e. The Morgan fingerprint density at radius 2 is 1.80 bits per heavy atom. The number of nitrogens with zero attached hydrogens (tertiary/aromatic N) is 2. The van der Waals surface area contributed by atoms with Crippen molar-refractivity contribution in [3.8, 4) is 28.8 Å². The van der Waals surface area contributed by atoms with Crippen molar-refractivity contribution in [2.45, 2.75) is 13.5 Å². The van der Waals surface area contributed by atoms with Crippen LogP contribution in [0.5, 0.6) is 5.75 Å². The van der Waals surface area contributed by atoms with Gasteiger partial charge in [0.25, 0.3) is 5.89 Å². The number of hydrogen-bond donors (Lipinski definition) is 1. The van der Waals surface area contributed by atoms with Crippen molar-refractivity contribution in [2.75, 3.05) is 5.73 Å². The van der Waals surface area contributed by atoms with Gasteiger partial charge >= 0.3 is 0 Å². The lowest BCUT2D eigenvalue weighted by Crippen LogP contribution is -1.93. The highest BCUT2D eigenvalue weighted by atomic mass is 16.5. The van der Waals surface area contributed by atoms with Crippen molar-refractivity contribution in [3.05, 3.63) is 84.1 Å². The fourth-order valence-electron chi connectivity index (χ4n) is 3.31. The molecule has 5 rings (SSSR count). The first-order valence-corrected chi connectivity index (χ1v) is 9.57. The number of fused-ring (bicyclic) bond motifs is 1. The van der Waals surface area contributed by atoms with E-state index in [0.29, 0.717) is 35.5 Å². The molecule has 0 saturated heterocycles. The summed E-state index contributed by atoms with van der Waals surface area (Å²) in [5, 5.41) is 6.37. The minimum absolute atomic E-state index is 0.299. The van der Waals surface area contributed by atoms with Crippen molar-refractivity contribution >= 4 is 16.5 Å². The number of aromatic nitrogens is 2. The standard InChI is InChI=1S/C24H19N3O3/c1-15-20(7-4-8-21(15)25)23-26-24(30-27-23)22-12-11-19(29-22)14-28-18-10-9-16-5-2-3-6-17(16)13-18/h2-13H,14,25H2,1H3. The Labute approximate surface area is 172 Å². The van der Waals surface area contributed by atoms with E-state index in [-0.39, 0.29) is 0 Å². The highest BCUT2D eigenvalue weighted by Crippen LogP contribution is 2.28. The molecular formula is C24H19N3O3. The molecule has 3 aromatic carbocycles. The van der Waals surface area contributed by atoms with Gasteiger partial charge in [0.05, 0.1) is 0 Å². The van der Waals surface area contributed by atoms with E-state index >= 15 is 0 Å². The SMILES string of the molecule is Cc1c(N)cccc1-c1noc(-c2ccc(COc3ccc4ccccc4c3)o2)n1. The predicted molar refractivity (Wildman–Crippen MR) is 115 cm³/mol. The Kier molecular flexibility index (Phi) is 4.44. The Balaban J connectivity index is 1.32. The van der Waals surface area contributed by atoms with Gasteiger partial charge in [-0.3, -0.25) is 0 Å². The van der Waals surface area contributed by atoms with Gasteiger partial charge in [0.1, 0.15) is 18.1 Å². The quantitative estimate of drug-likeness (QED) is 0.387. The van der Waals surface area contributed by atoms with Crippen LogP contribution < -0.4 is 10.5 Å². The van der Waals surface area contributed by atoms with Crippen LogP contribution >= 0.6 is 0 Å². The summed E-state index contributed by atoms with van der Waals surface area (Å²) in [6.07, 6.45) is 0. The molecule has 0 aliphatic carbocycles. The molecule has 0 saturated carbocycles. The van der Waals surface area contributed by atoms with Gasteiger partial charge in [-0.05, 0) is 53.6 Å². The molecule has 6 nitrogen and oxygen atoms in total. The zero-order valence-corrected chi connectivity index (χ0v) is 16.3. The van der Waals surface area contributed by atoms with Gasteiger partial charge in [-0.1, -0.05) is 47.6 Å². The third kappa shape index (κ3) is 3.39. The van der Waals surface area contributed by atoms with Gasteiger partial charge in [-0.2, -0.15) is 4.98 Å². The smallest absolute Gasteiger partial charge is 0.293 e. The first-order chi connectivity index (χ1) is 14.7. The van der Waals surface area contributed by atoms with Gasteiger partial charge in [0.2, 0.25) is 5.82 Å². The Hall–Kier alpha value is -4.06. The molecule has 0 spiro atoms. The zero-order chi connectivity index (χ0) is 20.5. The van der Waals surface area contributed by atoms with E-state index in [0.717, 1.165) is 22.3 Å². The van der Waals surface area contributed by atoms with Gasteiger partial charge in [0, 0.05) is 11.3 Å². The molecular weight excluding hydrogens is 378 g/mol. The Morgan fingerprint density at radius 1 is 0.933 bits per heavy atom. The molecule has 0 aliphatic rings. The van der Waals surface area contributed by atoms with E-state index in [1.165, 1.54) is 5.39 Å². The average Bonchev–Trinajstić information content (AvgIpc) is 3.44. The topological polar surface area (TPSA) is 87.3 Å². The normalized spacial score (nSPS) is 11.1. The molecule has 5 aromatic rings. The van der Waals surface area contributed by atoms with Crippen LogP contribution in [0.15, 0.2) is 81.7 Å². The largest absolute Gasteiger partial charge is 0.486 e. The third-order valence-corrected chi connectivity index (χ3v) is 5.02. The fraction of sp³-hybridized carbons (Fsp3) is 0.0833. The van der Waals surface area contributed by atoms with Crippen molar-refractivity contribution < 1.29 is 13.7 Å². The summed E-state index contributed by atoms with van der Waals surface area (Å²) in [7, 11) is 0. The summed E-state index contributed by atoms with van der Waals surface area (Å²) in [5.74, 6) is 2.72. The van der Waals surface area contributed by atoms with Gasteiger partial charge in [0.15, 0.2) is 5.76 Å². The second-order valence-corrected chi connectivity index (χ2v) is 7.01. The minimum Gasteiger partial charge on any atom is -0.486 e. The summed E-state index contributed by atoms with van der Waals surface area (Å²) in [5.41, 5.74) is 8.40. The second-order valence-electron chi connectivity index (χ2n) is 7.01. The summed E-state index contributed by atoms with van der Waals surface area (Å²) >= 11 is 0. The molecule has 0 fully saturated rings. The number of benzene rings is 3. The minimum atomic E-state index is 0.299. The molecule has 2 aromatic heterocycles. The van der Waals surface area contributed by atoms with Crippen molar-refractivity contribution in [3.63, 3.8) is 0 Å². The Morgan fingerprint density at radius 3 is 2.70 bits per heavy atom. The lowest BCUT2D eigenvalue weighted by Gasteiger charge is -2.05. The predicted octanol–water partition coefficient (Wildman–Crippen LogP) is 5.62. The maximum atomic E-state index is 5.97. The first kappa shape index (κ1) is 18.0. The summed E-state index contributed by atoms with van der Waals surface area (Å²) in [6, 6.07) is 23.4. The molecule has 148 valence electrons. The van der Waals surface area contributed by atoms with Gasteiger partial charge in [-0.15, -0.1) is 0 Å². The number of nitrogens with two attached hydrogens (primary N) is 1. The first-order valence-electron chi connectivity index (χ1n) is 9.57. The van der Waals surface area contributed by atoms with E-state index in [1.54, 1.807) is 6.07 Å². The van der Waals surface area contributed by atoms with Crippen LogP contribution in [0.25, 0.3) is 33.8 Å². The zero-order valence-electron chi connectivity index (χ0n) is 16.3. The van der Waals surface area contributed by atoms with E-state index in [9.17, 15) is 0 Å². The third-order valence-electron chi connectivity index (χ3n) is 5.02. The van der Waals surface area contributed by atoms with Crippen LogP contribution in [0.4, 0.5) is 5.69 Å². The molecule has 0 radical (unpaired) electrons. The summed E-state index contributed by atoms with van der Waals surface area (Å²) < 4.78 is 17.1. The van der Waals surface area contributed by atoms with E-state index in [4.69, 9.17) is 19.4 Å². The number of furan rings is 1. The molecule has 0 atom stereocenters. The lowest BCUT2D eigenvalue weighted by atomic mass is 10.1. The fourth-order valence-corrected chi connectivity index (χ4v) is 3.31. The lowest BCUT2D eigenvalue weighted by molar-refractivity contribution is 0.270. The monoisotopic (exact) mass is 397 g/mol.